The van der Waals surface area contributed by atoms with Crippen LogP contribution in [0.2, 0.25) is 0 Å². The van der Waals surface area contributed by atoms with Crippen LogP contribution < -0.4 is 5.32 Å². The molecule has 0 unspecified atom stereocenters. The number of anilines is 1. The molecule has 0 spiro atoms. The van der Waals surface area contributed by atoms with Crippen molar-refractivity contribution in [2.24, 2.45) is 0 Å². The number of rotatable bonds is 4. The van der Waals surface area contributed by atoms with Crippen molar-refractivity contribution >= 4 is 28.8 Å². The summed E-state index contributed by atoms with van der Waals surface area (Å²) in [7, 11) is 0. The van der Waals surface area contributed by atoms with Gasteiger partial charge < -0.3 is 10.2 Å². The smallest absolute Gasteiger partial charge is 0.235 e. The molecule has 1 N–H and O–H groups in total. The molecule has 1 fully saturated rings. The normalized spacial score (nSPS) is 17.7. The molecule has 25 heavy (non-hydrogen) atoms. The van der Waals surface area contributed by atoms with Gasteiger partial charge in [-0.05, 0) is 54.0 Å². The van der Waals surface area contributed by atoms with Crippen LogP contribution >= 0.6 is 11.3 Å². The minimum absolute atomic E-state index is 0.0900. The van der Waals surface area contributed by atoms with Crippen molar-refractivity contribution in [1.29, 1.82) is 0 Å². The van der Waals surface area contributed by atoms with Crippen LogP contribution in [0.5, 0.6) is 0 Å². The monoisotopic (exact) mass is 354 g/mol. The number of hydrogen-bond acceptors (Lipinski definition) is 3. The van der Waals surface area contributed by atoms with Crippen molar-refractivity contribution < 1.29 is 9.59 Å². The second-order valence-corrected chi connectivity index (χ2v) is 7.86. The molecular formula is C20H22N2O2S. The lowest BCUT2D eigenvalue weighted by Crippen LogP contribution is -2.35. The van der Waals surface area contributed by atoms with Crippen LogP contribution in [-0.2, 0) is 28.0 Å². The molecule has 0 saturated heterocycles. The fourth-order valence-electron chi connectivity index (χ4n) is 3.58. The van der Waals surface area contributed by atoms with E-state index >= 15 is 0 Å². The van der Waals surface area contributed by atoms with Crippen molar-refractivity contribution in [3.8, 4) is 0 Å². The molecule has 0 atom stereocenters. The molecule has 5 heteroatoms. The maximum atomic E-state index is 12.8. The summed E-state index contributed by atoms with van der Waals surface area (Å²) >= 11 is 1.66. The highest BCUT2D eigenvalue weighted by Gasteiger charge is 2.52. The van der Waals surface area contributed by atoms with Gasteiger partial charge in [0.1, 0.15) is 0 Å². The number of fused-ring (bicyclic) bond motifs is 1. The van der Waals surface area contributed by atoms with Gasteiger partial charge >= 0.3 is 0 Å². The van der Waals surface area contributed by atoms with Crippen LogP contribution in [0.15, 0.2) is 35.7 Å². The number of hydrogen-bond donors (Lipinski definition) is 1. The second kappa shape index (κ2) is 6.30. The first-order valence-corrected chi connectivity index (χ1v) is 9.75. The lowest BCUT2D eigenvalue weighted by atomic mass is 9.98. The van der Waals surface area contributed by atoms with Gasteiger partial charge in [-0.3, -0.25) is 9.59 Å². The molecule has 2 aliphatic rings. The maximum absolute atomic E-state index is 12.8. The van der Waals surface area contributed by atoms with Gasteiger partial charge in [-0.2, -0.15) is 0 Å². The maximum Gasteiger partial charge on any atom is 0.235 e. The summed E-state index contributed by atoms with van der Waals surface area (Å²) in [5.74, 6) is 0.280. The lowest BCUT2D eigenvalue weighted by Gasteiger charge is -2.29. The van der Waals surface area contributed by atoms with Crippen LogP contribution in [0.4, 0.5) is 5.69 Å². The Hall–Kier alpha value is -2.14. The molecule has 1 aliphatic carbocycles. The first kappa shape index (κ1) is 16.3. The Morgan fingerprint density at radius 2 is 2.08 bits per heavy atom. The Bertz CT molecular complexity index is 809. The predicted molar refractivity (Wildman–Crippen MR) is 99.7 cm³/mol. The van der Waals surface area contributed by atoms with Crippen LogP contribution in [0.1, 0.15) is 42.2 Å². The molecule has 4 nitrogen and oxygen atoms in total. The molecule has 1 aliphatic heterocycles. The highest BCUT2D eigenvalue weighted by Crippen LogP contribution is 2.50. The van der Waals surface area contributed by atoms with Crippen LogP contribution in [0.25, 0.3) is 0 Å². The van der Waals surface area contributed by atoms with Gasteiger partial charge in [0.25, 0.3) is 0 Å². The molecule has 130 valence electrons. The van der Waals surface area contributed by atoms with Crippen LogP contribution in [0.3, 0.4) is 0 Å². The lowest BCUT2D eigenvalue weighted by molar-refractivity contribution is -0.131. The molecule has 1 aromatic carbocycles. The quantitative estimate of drug-likeness (QED) is 0.910. The topological polar surface area (TPSA) is 49.4 Å². The van der Waals surface area contributed by atoms with Gasteiger partial charge in [0.2, 0.25) is 11.8 Å². The minimum atomic E-state index is -0.325. The van der Waals surface area contributed by atoms with E-state index in [0.717, 1.165) is 41.9 Å². The van der Waals surface area contributed by atoms with Gasteiger partial charge in [-0.15, -0.1) is 11.3 Å². The largest absolute Gasteiger partial charge is 0.338 e. The first-order chi connectivity index (χ1) is 12.1. The molecular weight excluding hydrogens is 332 g/mol. The number of thiophene rings is 1. The van der Waals surface area contributed by atoms with Crippen molar-refractivity contribution in [2.75, 3.05) is 11.9 Å². The summed E-state index contributed by atoms with van der Waals surface area (Å²) < 4.78 is 0. The number of amides is 2. The predicted octanol–water partition coefficient (Wildman–Crippen LogP) is 3.71. The Labute approximate surface area is 151 Å². The van der Waals surface area contributed by atoms with E-state index in [-0.39, 0.29) is 17.2 Å². The molecule has 2 amide bonds. The van der Waals surface area contributed by atoms with E-state index in [2.05, 4.69) is 17.4 Å². The molecule has 0 bridgehead atoms. The van der Waals surface area contributed by atoms with Crippen molar-refractivity contribution in [1.82, 2.24) is 4.90 Å². The third-order valence-corrected chi connectivity index (χ3v) is 6.38. The van der Waals surface area contributed by atoms with Gasteiger partial charge in [0, 0.05) is 30.1 Å². The summed E-state index contributed by atoms with van der Waals surface area (Å²) in [5.41, 5.74) is 2.93. The number of benzene rings is 1. The van der Waals surface area contributed by atoms with E-state index < -0.39 is 0 Å². The van der Waals surface area contributed by atoms with Crippen molar-refractivity contribution in [3.05, 3.63) is 51.7 Å². The summed E-state index contributed by atoms with van der Waals surface area (Å²) in [4.78, 5) is 27.8. The van der Waals surface area contributed by atoms with Gasteiger partial charge in [-0.1, -0.05) is 19.1 Å². The van der Waals surface area contributed by atoms with Crippen molar-refractivity contribution in [3.63, 3.8) is 0 Å². The third kappa shape index (κ3) is 2.97. The summed E-state index contributed by atoms with van der Waals surface area (Å²) in [6.07, 6.45) is 3.26. The Kier molecular flexibility index (Phi) is 4.12. The van der Waals surface area contributed by atoms with Gasteiger partial charge in [-0.25, -0.2) is 0 Å². The number of nitrogens with zero attached hydrogens (tertiary/aromatic N) is 1. The molecule has 1 saturated carbocycles. The molecule has 2 heterocycles. The van der Waals surface area contributed by atoms with Crippen LogP contribution in [0, 0.1) is 0 Å². The first-order valence-electron chi connectivity index (χ1n) is 8.87. The Morgan fingerprint density at radius 1 is 1.24 bits per heavy atom. The van der Waals surface area contributed by atoms with Gasteiger partial charge in [0.05, 0.1) is 5.41 Å². The number of carbonyl (C=O) groups is 2. The summed E-state index contributed by atoms with van der Waals surface area (Å²) in [6.45, 7) is 3.32. The van der Waals surface area contributed by atoms with Crippen LogP contribution in [-0.4, -0.2) is 23.3 Å². The Balaban J connectivity index is 1.51. The summed E-state index contributed by atoms with van der Waals surface area (Å²) in [5, 5.41) is 5.13. The molecule has 1 aromatic heterocycles. The van der Waals surface area contributed by atoms with E-state index in [1.165, 1.54) is 5.56 Å². The van der Waals surface area contributed by atoms with E-state index in [0.29, 0.717) is 13.0 Å². The zero-order valence-electron chi connectivity index (χ0n) is 14.4. The Morgan fingerprint density at radius 3 is 2.76 bits per heavy atom. The van der Waals surface area contributed by atoms with E-state index in [1.54, 1.807) is 11.3 Å². The molecule has 2 aromatic rings. The SMILES string of the molecule is CCC(=O)N1CCc2ccc(NC(=O)C3(c4cccs4)CC3)cc2C1. The second-order valence-electron chi connectivity index (χ2n) is 6.92. The van der Waals surface area contributed by atoms with E-state index in [1.807, 2.05) is 35.4 Å². The minimum Gasteiger partial charge on any atom is -0.338 e. The standard InChI is InChI=1S/C20H22N2O2S/c1-2-18(23)22-10-7-14-5-6-16(12-15(14)13-22)21-19(24)20(8-9-20)17-4-3-11-25-17/h3-6,11-12H,2,7-10,13H2,1H3,(H,21,24). The fraction of sp³-hybridized carbons (Fsp3) is 0.400. The van der Waals surface area contributed by atoms with E-state index in [4.69, 9.17) is 0 Å². The zero-order chi connectivity index (χ0) is 17.4. The average Bonchev–Trinajstić information content (AvgIpc) is 3.27. The molecule has 4 rings (SSSR count). The zero-order valence-corrected chi connectivity index (χ0v) is 15.2. The number of nitrogens with one attached hydrogen (secondary N) is 1. The average molecular weight is 354 g/mol. The van der Waals surface area contributed by atoms with Gasteiger partial charge in [0.15, 0.2) is 0 Å². The molecule has 0 radical (unpaired) electrons. The highest BCUT2D eigenvalue weighted by molar-refractivity contribution is 7.10. The third-order valence-electron chi connectivity index (χ3n) is 5.31. The highest BCUT2D eigenvalue weighted by atomic mass is 32.1. The van der Waals surface area contributed by atoms with E-state index in [9.17, 15) is 9.59 Å². The van der Waals surface area contributed by atoms with Crippen molar-refractivity contribution in [2.45, 2.75) is 44.6 Å². The number of carbonyl (C=O) groups excluding carboxylic acids is 2. The summed E-state index contributed by atoms with van der Waals surface area (Å²) in [6, 6.07) is 10.2. The fourth-order valence-corrected chi connectivity index (χ4v) is 4.57.